The van der Waals surface area contributed by atoms with Gasteiger partial charge in [0, 0.05) is 35.8 Å². The lowest BCUT2D eigenvalue weighted by atomic mass is 10.3. The van der Waals surface area contributed by atoms with E-state index in [1.54, 1.807) is 0 Å². The highest BCUT2D eigenvalue weighted by Gasteiger charge is 2.28. The van der Waals surface area contributed by atoms with Crippen molar-refractivity contribution in [3.8, 4) is 0 Å². The highest BCUT2D eigenvalue weighted by molar-refractivity contribution is 8.76. The van der Waals surface area contributed by atoms with E-state index in [9.17, 15) is 56.9 Å². The third kappa shape index (κ3) is 8.63. The normalized spacial score (nSPS) is 13.4. The molecule has 2 atom stereocenters. The topological polar surface area (TPSA) is 253 Å². The quantitative estimate of drug-likeness (QED) is 0.0951. The van der Waals surface area contributed by atoms with Gasteiger partial charge in [0.2, 0.25) is 20.0 Å². The molecule has 4 N–H and O–H groups in total. The standard InChI is InChI=1S/C18H18N4O12S4/c23-17(24)15(19-37(31,32)13-5-1-11(2-6-13)21(27)28)9-35-36-10-16(18(25)26)20-38(33,34)14-7-3-12(4-8-14)22(29)30/h1-8,15-16,19-20H,9-10H2,(H,23,24)(H,25,26)/t15-,16-/m1/s1. The van der Waals surface area contributed by atoms with Crippen molar-refractivity contribution in [1.29, 1.82) is 0 Å². The molecule has 0 radical (unpaired) electrons. The summed E-state index contributed by atoms with van der Waals surface area (Å²) in [7, 11) is -7.26. The molecule has 16 nitrogen and oxygen atoms in total. The molecule has 20 heteroatoms. The SMILES string of the molecule is O=C(O)[C@@H](CSSC[C@@H](NS(=O)(=O)c1ccc([N+](=O)[O-])cc1)C(=O)O)NS(=O)(=O)c1ccc([N+](=O)[O-])cc1. The fourth-order valence-electron chi connectivity index (χ4n) is 2.55. The third-order valence-corrected chi connectivity index (χ3v) is 9.86. The minimum Gasteiger partial charge on any atom is -0.480 e. The minimum atomic E-state index is -4.38. The van der Waals surface area contributed by atoms with Crippen molar-refractivity contribution in [3.05, 3.63) is 68.8 Å². The van der Waals surface area contributed by atoms with Crippen LogP contribution in [0.5, 0.6) is 0 Å². The number of sulfonamides is 2. The maximum atomic E-state index is 12.5. The molecule has 0 unspecified atom stereocenters. The second kappa shape index (κ2) is 13.0. The summed E-state index contributed by atoms with van der Waals surface area (Å²) >= 11 is 0. The van der Waals surface area contributed by atoms with Crippen molar-refractivity contribution in [3.63, 3.8) is 0 Å². The summed E-state index contributed by atoms with van der Waals surface area (Å²) in [4.78, 5) is 42.2. The number of carboxylic acids is 2. The average molecular weight is 611 g/mol. The van der Waals surface area contributed by atoms with Gasteiger partial charge in [-0.2, -0.15) is 9.44 Å². The number of hydrogen-bond donors (Lipinski definition) is 4. The molecule has 38 heavy (non-hydrogen) atoms. The number of nitrogens with zero attached hydrogens (tertiary/aromatic N) is 2. The molecule has 0 heterocycles. The molecule has 0 amide bonds. The second-order valence-electron chi connectivity index (χ2n) is 7.10. The fourth-order valence-corrected chi connectivity index (χ4v) is 7.45. The molecule has 0 saturated carbocycles. The predicted octanol–water partition coefficient (Wildman–Crippen LogP) is 1.05. The van der Waals surface area contributed by atoms with Crippen molar-refractivity contribution < 1.29 is 46.5 Å². The Morgan fingerprint density at radius 3 is 1.24 bits per heavy atom. The summed E-state index contributed by atoms with van der Waals surface area (Å²) in [6.07, 6.45) is 0. The Labute approximate surface area is 222 Å². The van der Waals surface area contributed by atoms with Gasteiger partial charge in [0.1, 0.15) is 12.1 Å². The molecular formula is C18H18N4O12S4. The van der Waals surface area contributed by atoms with Gasteiger partial charge in [-0.3, -0.25) is 29.8 Å². The molecule has 0 spiro atoms. The van der Waals surface area contributed by atoms with Gasteiger partial charge in [-0.05, 0) is 24.3 Å². The zero-order chi connectivity index (χ0) is 28.7. The predicted molar refractivity (Wildman–Crippen MR) is 135 cm³/mol. The maximum absolute atomic E-state index is 12.5. The first-order valence-electron chi connectivity index (χ1n) is 9.87. The Kier molecular flexibility index (Phi) is 10.6. The van der Waals surface area contributed by atoms with E-state index in [2.05, 4.69) is 0 Å². The minimum absolute atomic E-state index is 0.372. The second-order valence-corrected chi connectivity index (χ2v) is 13.1. The molecule has 0 fully saturated rings. The molecule has 2 aromatic carbocycles. The first-order chi connectivity index (χ1) is 17.6. The van der Waals surface area contributed by atoms with E-state index >= 15 is 0 Å². The number of nitrogens with one attached hydrogen (secondary N) is 2. The summed E-state index contributed by atoms with van der Waals surface area (Å²) < 4.78 is 53.7. The molecule has 0 aromatic heterocycles. The van der Waals surface area contributed by atoms with Crippen LogP contribution in [0.25, 0.3) is 0 Å². The number of benzene rings is 2. The first kappa shape index (κ1) is 30.9. The van der Waals surface area contributed by atoms with Gasteiger partial charge in [-0.15, -0.1) is 0 Å². The number of carboxylic acid groups (broad SMARTS) is 2. The van der Waals surface area contributed by atoms with E-state index in [-0.39, 0.29) is 11.4 Å². The number of hydrogen-bond acceptors (Lipinski definition) is 12. The zero-order valence-corrected chi connectivity index (χ0v) is 22.0. The molecule has 2 rings (SSSR count). The van der Waals surface area contributed by atoms with Crippen LogP contribution in [0, 0.1) is 20.2 Å². The van der Waals surface area contributed by atoms with Crippen LogP contribution in [-0.2, 0) is 29.6 Å². The average Bonchev–Trinajstić information content (AvgIpc) is 2.84. The Morgan fingerprint density at radius 1 is 0.711 bits per heavy atom. The van der Waals surface area contributed by atoms with Crippen LogP contribution in [0.15, 0.2) is 58.3 Å². The van der Waals surface area contributed by atoms with Gasteiger partial charge in [0.05, 0.1) is 19.6 Å². The van der Waals surface area contributed by atoms with Crippen LogP contribution in [0.4, 0.5) is 11.4 Å². The highest BCUT2D eigenvalue weighted by Crippen LogP contribution is 2.25. The van der Waals surface area contributed by atoms with Gasteiger partial charge in [-0.25, -0.2) is 16.8 Å². The van der Waals surface area contributed by atoms with Crippen LogP contribution in [0.2, 0.25) is 0 Å². The van der Waals surface area contributed by atoms with Crippen molar-refractivity contribution in [1.82, 2.24) is 9.44 Å². The number of nitro benzene ring substituents is 2. The summed E-state index contributed by atoms with van der Waals surface area (Å²) in [5.74, 6) is -3.91. The summed E-state index contributed by atoms with van der Waals surface area (Å²) in [6, 6.07) is 4.08. The van der Waals surface area contributed by atoms with Crippen molar-refractivity contribution in [2.45, 2.75) is 21.9 Å². The van der Waals surface area contributed by atoms with Gasteiger partial charge in [0.15, 0.2) is 0 Å². The van der Waals surface area contributed by atoms with E-state index in [0.717, 1.165) is 70.1 Å². The number of carbonyl (C=O) groups is 2. The van der Waals surface area contributed by atoms with Crippen LogP contribution in [0.1, 0.15) is 0 Å². The molecule has 0 aliphatic heterocycles. The Hall–Kier alpha value is -3.30. The van der Waals surface area contributed by atoms with E-state index in [4.69, 9.17) is 0 Å². The first-order valence-corrected chi connectivity index (χ1v) is 15.3. The summed E-state index contributed by atoms with van der Waals surface area (Å²) in [5, 5.41) is 40.1. The smallest absolute Gasteiger partial charge is 0.322 e. The van der Waals surface area contributed by atoms with E-state index in [1.165, 1.54) is 0 Å². The number of rotatable bonds is 15. The Bertz CT molecular complexity index is 1300. The van der Waals surface area contributed by atoms with Crippen LogP contribution in [-0.4, -0.2) is 72.4 Å². The van der Waals surface area contributed by atoms with Gasteiger partial charge in [-0.1, -0.05) is 21.6 Å². The molecule has 0 aliphatic rings. The monoisotopic (exact) mass is 610 g/mol. The lowest BCUT2D eigenvalue weighted by Gasteiger charge is -2.16. The van der Waals surface area contributed by atoms with E-state index in [0.29, 0.717) is 0 Å². The highest BCUT2D eigenvalue weighted by atomic mass is 33.1. The molecular weight excluding hydrogens is 592 g/mol. The van der Waals surface area contributed by atoms with Crippen LogP contribution < -0.4 is 9.44 Å². The van der Waals surface area contributed by atoms with Crippen molar-refractivity contribution >= 4 is 64.9 Å². The molecule has 0 saturated heterocycles. The lowest BCUT2D eigenvalue weighted by Crippen LogP contribution is -2.43. The summed E-state index contributed by atoms with van der Waals surface area (Å²) in [6.45, 7) is 0. The molecule has 0 aliphatic carbocycles. The van der Waals surface area contributed by atoms with Gasteiger partial charge in [0.25, 0.3) is 11.4 Å². The maximum Gasteiger partial charge on any atom is 0.322 e. The van der Waals surface area contributed by atoms with E-state index in [1.807, 2.05) is 9.44 Å². The molecule has 2 aromatic rings. The van der Waals surface area contributed by atoms with E-state index < -0.39 is 75.2 Å². The molecule has 0 bridgehead atoms. The zero-order valence-electron chi connectivity index (χ0n) is 18.7. The fraction of sp³-hybridized carbons (Fsp3) is 0.222. The Balaban J connectivity index is 1.99. The largest absolute Gasteiger partial charge is 0.480 e. The number of non-ortho nitro benzene ring substituents is 2. The van der Waals surface area contributed by atoms with Crippen molar-refractivity contribution in [2.75, 3.05) is 11.5 Å². The number of aliphatic carboxylic acids is 2. The Morgan fingerprint density at radius 2 is 1.00 bits per heavy atom. The van der Waals surface area contributed by atoms with Gasteiger partial charge >= 0.3 is 11.9 Å². The molecule has 206 valence electrons. The van der Waals surface area contributed by atoms with Crippen molar-refractivity contribution in [2.24, 2.45) is 0 Å². The van der Waals surface area contributed by atoms with Crippen LogP contribution >= 0.6 is 21.6 Å². The lowest BCUT2D eigenvalue weighted by molar-refractivity contribution is -0.385. The third-order valence-electron chi connectivity index (χ3n) is 4.46. The van der Waals surface area contributed by atoms with Crippen LogP contribution in [0.3, 0.4) is 0 Å². The van der Waals surface area contributed by atoms with Gasteiger partial charge < -0.3 is 10.2 Å². The number of nitro groups is 2. The summed E-state index contributed by atoms with van der Waals surface area (Å²) in [5.41, 5.74) is -0.745.